The van der Waals surface area contributed by atoms with Gasteiger partial charge in [-0.2, -0.15) is 35.3 Å². The minimum atomic E-state index is -6.10. The molecule has 1 atom stereocenters. The Morgan fingerprint density at radius 2 is 1.26 bits per heavy atom. The van der Waals surface area contributed by atoms with Gasteiger partial charge in [0.1, 0.15) is 7.05 Å². The first-order valence-corrected chi connectivity index (χ1v) is 10.3. The molecule has 0 bridgehead atoms. The van der Waals surface area contributed by atoms with Crippen molar-refractivity contribution in [1.82, 2.24) is 0 Å². The van der Waals surface area contributed by atoms with Gasteiger partial charge in [-0.25, -0.2) is 22.0 Å². The van der Waals surface area contributed by atoms with Gasteiger partial charge in [0, 0.05) is 12.1 Å². The van der Waals surface area contributed by atoms with Gasteiger partial charge in [0.2, 0.25) is 11.0 Å². The van der Waals surface area contributed by atoms with Crippen molar-refractivity contribution in [3.8, 4) is 0 Å². The van der Waals surface area contributed by atoms with Crippen molar-refractivity contribution < 1.29 is 66.6 Å². The highest BCUT2D eigenvalue weighted by Gasteiger charge is 2.67. The maximum absolute atomic E-state index is 13.9. The number of carbonyl (C=O) groups is 1. The van der Waals surface area contributed by atoms with Gasteiger partial charge in [-0.05, 0) is 12.1 Å². The second-order valence-electron chi connectivity index (χ2n) is 6.70. The number of nitrogens with zero attached hydrogens (tertiary/aromatic N) is 1. The van der Waals surface area contributed by atoms with E-state index < -0.39 is 45.6 Å². The quantitative estimate of drug-likeness (QED) is 0.123. The van der Waals surface area contributed by atoms with Crippen LogP contribution < -0.4 is 4.57 Å². The number of carbonyl (C=O) groups excluding carboxylic acids is 1. The van der Waals surface area contributed by atoms with Gasteiger partial charge >= 0.3 is 29.9 Å². The number of aryl methyl sites for hydroxylation is 1. The lowest BCUT2D eigenvalue weighted by atomic mass is 10.0. The van der Waals surface area contributed by atoms with Crippen molar-refractivity contribution in [3.05, 3.63) is 54.1 Å². The summed E-state index contributed by atoms with van der Waals surface area (Å²) in [4.78, 5) is 12.4. The Bertz CT molecular complexity index is 1300. The van der Waals surface area contributed by atoms with Gasteiger partial charge < -0.3 is 9.29 Å². The first-order valence-electron chi connectivity index (χ1n) is 8.91. The number of benzene rings is 2. The van der Waals surface area contributed by atoms with Gasteiger partial charge in [-0.3, -0.25) is 0 Å². The molecule has 1 heterocycles. The van der Waals surface area contributed by atoms with E-state index in [2.05, 4.69) is 4.74 Å². The molecular formula is C19H12F9NO5S. The fourth-order valence-corrected chi connectivity index (χ4v) is 2.86. The normalized spacial score (nSPS) is 14.4. The number of aromatic nitrogens is 1. The van der Waals surface area contributed by atoms with Crippen molar-refractivity contribution >= 4 is 37.9 Å². The van der Waals surface area contributed by atoms with Gasteiger partial charge in [0.15, 0.2) is 10.1 Å². The summed E-state index contributed by atoms with van der Waals surface area (Å²) in [6, 6.07) is 12.3. The van der Waals surface area contributed by atoms with Crippen LogP contribution in [0.4, 0.5) is 39.5 Å². The van der Waals surface area contributed by atoms with Crippen LogP contribution in [-0.2, 0) is 21.9 Å². The molecule has 0 N–H and O–H groups in total. The molecule has 0 spiro atoms. The Kier molecular flexibility index (Phi) is 7.62. The SMILES string of the molecule is C[n+]1c2ccccc2c(C(=O)OC(F)(C(F)F)C(F)(F)F)c2ccccc21.O=S(=O)([O-])C(F)(F)F. The molecule has 16 heteroatoms. The predicted molar refractivity (Wildman–Crippen MR) is 99.7 cm³/mol. The molecule has 35 heavy (non-hydrogen) atoms. The number of halogens is 9. The van der Waals surface area contributed by atoms with Crippen molar-refractivity contribution in [2.45, 2.75) is 24.0 Å². The van der Waals surface area contributed by atoms with E-state index in [1.54, 1.807) is 35.9 Å². The minimum Gasteiger partial charge on any atom is -0.741 e. The molecule has 0 aliphatic carbocycles. The van der Waals surface area contributed by atoms with E-state index in [0.717, 1.165) is 0 Å². The van der Waals surface area contributed by atoms with Crippen LogP contribution in [0.25, 0.3) is 21.8 Å². The lowest BCUT2D eigenvalue weighted by Crippen LogP contribution is -2.51. The Labute approximate surface area is 190 Å². The third-order valence-electron chi connectivity index (χ3n) is 4.47. The molecule has 1 aromatic heterocycles. The van der Waals surface area contributed by atoms with E-state index >= 15 is 0 Å². The van der Waals surface area contributed by atoms with E-state index in [4.69, 9.17) is 13.0 Å². The van der Waals surface area contributed by atoms with Crippen LogP contribution in [0.5, 0.6) is 0 Å². The molecule has 0 saturated carbocycles. The van der Waals surface area contributed by atoms with Crippen LogP contribution in [0.2, 0.25) is 0 Å². The largest absolute Gasteiger partial charge is 0.741 e. The Hall–Kier alpha value is -3.14. The Morgan fingerprint density at radius 3 is 1.57 bits per heavy atom. The third kappa shape index (κ3) is 5.58. The number of esters is 1. The third-order valence-corrected chi connectivity index (χ3v) is 5.03. The van der Waals surface area contributed by atoms with Gasteiger partial charge in [-0.1, -0.05) is 24.3 Å². The molecule has 192 valence electrons. The summed E-state index contributed by atoms with van der Waals surface area (Å²) >= 11 is 0. The Morgan fingerprint density at radius 1 is 0.886 bits per heavy atom. The Balaban J connectivity index is 0.000000466. The second-order valence-corrected chi connectivity index (χ2v) is 8.07. The van der Waals surface area contributed by atoms with Crippen molar-refractivity contribution in [1.29, 1.82) is 0 Å². The number of alkyl halides is 9. The summed E-state index contributed by atoms with van der Waals surface area (Å²) < 4.78 is 142. The maximum Gasteiger partial charge on any atom is 0.485 e. The summed E-state index contributed by atoms with van der Waals surface area (Å²) in [5.41, 5.74) is -5.22. The second kappa shape index (κ2) is 9.49. The first kappa shape index (κ1) is 28.1. The van der Waals surface area contributed by atoms with E-state index in [-0.39, 0.29) is 10.8 Å². The molecule has 3 rings (SSSR count). The fraction of sp³-hybridized carbons (Fsp3) is 0.263. The number of para-hydroxylation sites is 2. The molecule has 2 aromatic carbocycles. The van der Waals surface area contributed by atoms with E-state index in [9.17, 15) is 44.3 Å². The number of pyridine rings is 1. The molecule has 0 amide bonds. The molecule has 0 fully saturated rings. The molecule has 6 nitrogen and oxygen atoms in total. The van der Waals surface area contributed by atoms with Crippen molar-refractivity contribution in [2.24, 2.45) is 7.05 Å². The highest BCUT2D eigenvalue weighted by Crippen LogP contribution is 2.41. The number of hydrogen-bond acceptors (Lipinski definition) is 5. The van der Waals surface area contributed by atoms with Crippen LogP contribution in [0.15, 0.2) is 48.5 Å². The summed E-state index contributed by atoms with van der Waals surface area (Å²) in [6.07, 6.45) is -10.7. The highest BCUT2D eigenvalue weighted by atomic mass is 32.2. The molecule has 3 aromatic rings. The van der Waals surface area contributed by atoms with E-state index in [1.165, 1.54) is 24.3 Å². The average molecular weight is 537 g/mol. The van der Waals surface area contributed by atoms with Crippen LogP contribution >= 0.6 is 0 Å². The monoisotopic (exact) mass is 537 g/mol. The molecule has 0 radical (unpaired) electrons. The average Bonchev–Trinajstić information content (AvgIpc) is 2.72. The smallest absolute Gasteiger partial charge is 0.485 e. The number of rotatable bonds is 3. The van der Waals surface area contributed by atoms with Gasteiger partial charge in [0.25, 0.3) is 0 Å². The van der Waals surface area contributed by atoms with Crippen LogP contribution in [-0.4, -0.2) is 42.9 Å². The van der Waals surface area contributed by atoms with Crippen molar-refractivity contribution in [3.63, 3.8) is 0 Å². The maximum atomic E-state index is 13.9. The molecule has 0 aliphatic rings. The van der Waals surface area contributed by atoms with E-state index in [1.807, 2.05) is 0 Å². The van der Waals surface area contributed by atoms with Crippen LogP contribution in [0.1, 0.15) is 10.4 Å². The zero-order valence-corrected chi connectivity index (χ0v) is 17.8. The molecule has 0 saturated heterocycles. The van der Waals surface area contributed by atoms with Crippen molar-refractivity contribution in [2.75, 3.05) is 0 Å². The van der Waals surface area contributed by atoms with Gasteiger partial charge in [-0.15, -0.1) is 0 Å². The van der Waals surface area contributed by atoms with Gasteiger partial charge in [0.05, 0.1) is 16.3 Å². The highest BCUT2D eigenvalue weighted by molar-refractivity contribution is 7.86. The summed E-state index contributed by atoms with van der Waals surface area (Å²) in [6.45, 7) is 0. The number of fused-ring (bicyclic) bond motifs is 2. The fourth-order valence-electron chi connectivity index (χ4n) is 2.86. The molecule has 0 aliphatic heterocycles. The lowest BCUT2D eigenvalue weighted by Gasteiger charge is -2.26. The first-order chi connectivity index (χ1) is 15.8. The molecule has 1 unspecified atom stereocenters. The standard InChI is InChI=1S/C18H12F6NO2.CHF3O3S/c1-25-12-8-4-2-6-10(12)14(11-7-3-5-9-13(11)25)15(26)27-17(21,16(19)20)18(22,23)24;2-1(3,4)8(5,6)7/h2-9,16H,1H3;(H,5,6,7)/q+1;/p-1. The van der Waals surface area contributed by atoms with E-state index in [0.29, 0.717) is 11.0 Å². The van der Waals surface area contributed by atoms with Crippen LogP contribution in [0, 0.1) is 0 Å². The minimum absolute atomic E-state index is 0.141. The van der Waals surface area contributed by atoms with Crippen LogP contribution in [0.3, 0.4) is 0 Å². The zero-order chi connectivity index (χ0) is 27.0. The zero-order valence-electron chi connectivity index (χ0n) is 17.0. The lowest BCUT2D eigenvalue weighted by molar-refractivity contribution is -0.617. The predicted octanol–water partition coefficient (Wildman–Crippen LogP) is 4.52. The number of hydrogen-bond donors (Lipinski definition) is 0. The summed E-state index contributed by atoms with van der Waals surface area (Å²) in [5.74, 6) is -7.24. The summed E-state index contributed by atoms with van der Waals surface area (Å²) in [5, 5.41) is 0.282. The molecular weight excluding hydrogens is 525 g/mol. The summed E-state index contributed by atoms with van der Waals surface area (Å²) in [7, 11) is -4.43. The number of ether oxygens (including phenoxy) is 1. The topological polar surface area (TPSA) is 87.4 Å².